The Morgan fingerprint density at radius 2 is 2.15 bits per heavy atom. The van der Waals surface area contributed by atoms with Gasteiger partial charge in [-0.15, -0.1) is 11.3 Å². The number of hydrogen-bond acceptors (Lipinski definition) is 4. The van der Waals surface area contributed by atoms with Gasteiger partial charge in [-0.1, -0.05) is 11.6 Å². The number of aromatic nitrogens is 2. The number of anilines is 1. The van der Waals surface area contributed by atoms with E-state index in [-0.39, 0.29) is 22.9 Å². The number of benzene rings is 1. The smallest absolute Gasteiger partial charge is 0.259 e. The first kappa shape index (κ1) is 18.1. The van der Waals surface area contributed by atoms with Gasteiger partial charge in [-0.25, -0.2) is 9.37 Å². The lowest BCUT2D eigenvalue weighted by Crippen LogP contribution is -2.16. The molecule has 2 aromatic heterocycles. The number of fused-ring (bicyclic) bond motifs is 3. The van der Waals surface area contributed by atoms with Crippen molar-refractivity contribution in [2.24, 2.45) is 0 Å². The molecule has 2 heterocycles. The fraction of sp³-hybridized carbons (Fsp3) is 0.316. The number of aromatic amines is 1. The summed E-state index contributed by atoms with van der Waals surface area (Å²) in [5.74, 6) is -0.298. The summed E-state index contributed by atoms with van der Waals surface area (Å²) in [5, 5.41) is 3.33. The topological polar surface area (TPSA) is 74.8 Å². The molecule has 27 heavy (non-hydrogen) atoms. The first-order valence-corrected chi connectivity index (χ1v) is 9.99. The number of amides is 1. The summed E-state index contributed by atoms with van der Waals surface area (Å²) in [6.07, 6.45) is 4.66. The minimum Gasteiger partial charge on any atom is -0.326 e. The van der Waals surface area contributed by atoms with Gasteiger partial charge in [0.1, 0.15) is 16.5 Å². The van der Waals surface area contributed by atoms with E-state index in [4.69, 9.17) is 11.6 Å². The zero-order valence-electron chi connectivity index (χ0n) is 14.4. The molecule has 2 N–H and O–H groups in total. The maximum atomic E-state index is 13.2. The highest BCUT2D eigenvalue weighted by atomic mass is 35.5. The van der Waals surface area contributed by atoms with Crippen LogP contribution < -0.4 is 10.9 Å². The zero-order valence-corrected chi connectivity index (χ0v) is 16.0. The van der Waals surface area contributed by atoms with Gasteiger partial charge in [0, 0.05) is 23.4 Å². The van der Waals surface area contributed by atoms with Crippen molar-refractivity contribution in [3.05, 3.63) is 55.7 Å². The number of thiophene rings is 1. The van der Waals surface area contributed by atoms with Crippen molar-refractivity contribution < 1.29 is 9.18 Å². The molecule has 1 aliphatic rings. The number of nitrogens with one attached hydrogen (secondary N) is 2. The largest absolute Gasteiger partial charge is 0.326 e. The highest BCUT2D eigenvalue weighted by molar-refractivity contribution is 7.18. The van der Waals surface area contributed by atoms with Crippen LogP contribution in [0.1, 0.15) is 35.5 Å². The number of carbonyl (C=O) groups is 1. The van der Waals surface area contributed by atoms with Crippen LogP contribution in [0.5, 0.6) is 0 Å². The third-order valence-electron chi connectivity index (χ3n) is 4.67. The van der Waals surface area contributed by atoms with Crippen LogP contribution in [0.15, 0.2) is 23.0 Å². The van der Waals surface area contributed by atoms with Crippen LogP contribution in [-0.2, 0) is 24.1 Å². The van der Waals surface area contributed by atoms with E-state index >= 15 is 0 Å². The number of H-pyrrole nitrogens is 1. The van der Waals surface area contributed by atoms with Gasteiger partial charge in [0.15, 0.2) is 0 Å². The van der Waals surface area contributed by atoms with E-state index in [9.17, 15) is 14.0 Å². The third kappa shape index (κ3) is 3.75. The monoisotopic (exact) mass is 405 g/mol. The van der Waals surface area contributed by atoms with Crippen LogP contribution in [0.2, 0.25) is 5.02 Å². The van der Waals surface area contributed by atoms with Crippen molar-refractivity contribution >= 4 is 44.7 Å². The van der Waals surface area contributed by atoms with E-state index in [0.29, 0.717) is 23.3 Å². The predicted molar refractivity (Wildman–Crippen MR) is 105 cm³/mol. The van der Waals surface area contributed by atoms with Gasteiger partial charge in [0.25, 0.3) is 5.56 Å². The second kappa shape index (κ2) is 7.40. The van der Waals surface area contributed by atoms with Gasteiger partial charge in [-0.05, 0) is 49.4 Å². The molecule has 0 unspecified atom stereocenters. The molecule has 1 amide bonds. The summed E-state index contributed by atoms with van der Waals surface area (Å²) in [4.78, 5) is 34.0. The van der Waals surface area contributed by atoms with E-state index in [2.05, 4.69) is 15.3 Å². The average Bonchev–Trinajstić information content (AvgIpc) is 3.02. The van der Waals surface area contributed by atoms with Crippen LogP contribution in [0.3, 0.4) is 0 Å². The SMILES string of the molecule is O=C(CCc1nc2sc3c(c2c(=O)[nH]1)CCCC3)Nc1ccc(F)c(Cl)c1. The fourth-order valence-electron chi connectivity index (χ4n) is 3.36. The number of halogens is 2. The third-order valence-corrected chi connectivity index (χ3v) is 6.14. The summed E-state index contributed by atoms with van der Waals surface area (Å²) in [7, 11) is 0. The molecule has 140 valence electrons. The Bertz CT molecular complexity index is 1090. The average molecular weight is 406 g/mol. The lowest BCUT2D eigenvalue weighted by Gasteiger charge is -2.09. The molecule has 4 rings (SSSR count). The Balaban J connectivity index is 1.48. The van der Waals surface area contributed by atoms with Crippen molar-refractivity contribution in [3.63, 3.8) is 0 Å². The Morgan fingerprint density at radius 1 is 1.33 bits per heavy atom. The van der Waals surface area contributed by atoms with E-state index in [1.807, 2.05) is 0 Å². The van der Waals surface area contributed by atoms with Crippen LogP contribution >= 0.6 is 22.9 Å². The molecular weight excluding hydrogens is 389 g/mol. The van der Waals surface area contributed by atoms with Gasteiger partial charge in [0.05, 0.1) is 10.4 Å². The van der Waals surface area contributed by atoms with Crippen molar-refractivity contribution in [1.29, 1.82) is 0 Å². The molecule has 0 saturated heterocycles. The maximum Gasteiger partial charge on any atom is 0.259 e. The van der Waals surface area contributed by atoms with Gasteiger partial charge in [-0.2, -0.15) is 0 Å². The molecule has 0 fully saturated rings. The quantitative estimate of drug-likeness (QED) is 0.682. The minimum absolute atomic E-state index is 0.0501. The first-order chi connectivity index (χ1) is 13.0. The molecule has 0 spiro atoms. The highest BCUT2D eigenvalue weighted by Gasteiger charge is 2.19. The molecular formula is C19H17ClFN3O2S. The molecule has 0 aliphatic heterocycles. The lowest BCUT2D eigenvalue weighted by molar-refractivity contribution is -0.116. The summed E-state index contributed by atoms with van der Waals surface area (Å²) < 4.78 is 13.2. The highest BCUT2D eigenvalue weighted by Crippen LogP contribution is 2.33. The maximum absolute atomic E-state index is 13.2. The second-order valence-electron chi connectivity index (χ2n) is 6.58. The van der Waals surface area contributed by atoms with Crippen LogP contribution in [0.25, 0.3) is 10.2 Å². The molecule has 0 radical (unpaired) electrons. The van der Waals surface area contributed by atoms with Crippen molar-refractivity contribution in [2.75, 3.05) is 5.32 Å². The molecule has 8 heteroatoms. The standard InChI is InChI=1S/C19H17ClFN3O2S/c20-12-9-10(5-6-13(12)21)22-16(25)8-7-15-23-18(26)17-11-3-1-2-4-14(11)27-19(17)24-15/h5-6,9H,1-4,7-8H2,(H,22,25)(H,23,24,26). The van der Waals surface area contributed by atoms with Gasteiger partial charge < -0.3 is 10.3 Å². The summed E-state index contributed by atoms with van der Waals surface area (Å²) >= 11 is 7.30. The molecule has 0 atom stereocenters. The Hall–Kier alpha value is -2.25. The minimum atomic E-state index is -0.539. The predicted octanol–water partition coefficient (Wildman–Crippen LogP) is 4.23. The summed E-state index contributed by atoms with van der Waals surface area (Å²) in [6, 6.07) is 4.00. The second-order valence-corrected chi connectivity index (χ2v) is 8.07. The Morgan fingerprint density at radius 3 is 2.96 bits per heavy atom. The molecule has 5 nitrogen and oxygen atoms in total. The summed E-state index contributed by atoms with van der Waals surface area (Å²) in [6.45, 7) is 0. The normalized spacial score (nSPS) is 13.6. The van der Waals surface area contributed by atoms with E-state index in [1.165, 1.54) is 23.1 Å². The number of carbonyl (C=O) groups excluding carboxylic acids is 1. The molecule has 0 bridgehead atoms. The number of aryl methyl sites for hydroxylation is 3. The van der Waals surface area contributed by atoms with Gasteiger partial charge in [0.2, 0.25) is 5.91 Å². The van der Waals surface area contributed by atoms with Crippen LogP contribution in [0, 0.1) is 5.82 Å². The van der Waals surface area contributed by atoms with E-state index in [0.717, 1.165) is 36.1 Å². The zero-order chi connectivity index (χ0) is 19.0. The van der Waals surface area contributed by atoms with Crippen molar-refractivity contribution in [1.82, 2.24) is 9.97 Å². The fourth-order valence-corrected chi connectivity index (χ4v) is 4.82. The lowest BCUT2D eigenvalue weighted by atomic mass is 9.97. The Labute approximate surface area is 163 Å². The van der Waals surface area contributed by atoms with Gasteiger partial charge >= 0.3 is 0 Å². The molecule has 1 aliphatic carbocycles. The van der Waals surface area contributed by atoms with Crippen molar-refractivity contribution in [2.45, 2.75) is 38.5 Å². The number of rotatable bonds is 4. The number of hydrogen-bond donors (Lipinski definition) is 2. The van der Waals surface area contributed by atoms with Crippen LogP contribution in [0.4, 0.5) is 10.1 Å². The molecule has 0 saturated carbocycles. The van der Waals surface area contributed by atoms with E-state index in [1.54, 1.807) is 11.3 Å². The number of nitrogens with zero attached hydrogens (tertiary/aromatic N) is 1. The van der Waals surface area contributed by atoms with Crippen molar-refractivity contribution in [3.8, 4) is 0 Å². The molecule has 3 aromatic rings. The summed E-state index contributed by atoms with van der Waals surface area (Å²) in [5.41, 5.74) is 1.45. The Kier molecular flexibility index (Phi) is 4.97. The van der Waals surface area contributed by atoms with E-state index < -0.39 is 5.82 Å². The van der Waals surface area contributed by atoms with Crippen LogP contribution in [-0.4, -0.2) is 15.9 Å². The molecule has 1 aromatic carbocycles. The first-order valence-electron chi connectivity index (χ1n) is 8.79. The van der Waals surface area contributed by atoms with Gasteiger partial charge in [-0.3, -0.25) is 9.59 Å².